The van der Waals surface area contributed by atoms with Gasteiger partial charge in [-0.2, -0.15) is 0 Å². The van der Waals surface area contributed by atoms with Gasteiger partial charge in [-0.15, -0.1) is 0 Å². The van der Waals surface area contributed by atoms with E-state index in [1.165, 1.54) is 19.3 Å². The molecule has 110 valence electrons. The molecule has 0 aromatic carbocycles. The van der Waals surface area contributed by atoms with Gasteiger partial charge in [0.15, 0.2) is 0 Å². The van der Waals surface area contributed by atoms with Crippen LogP contribution < -0.4 is 4.89 Å². The Hall–Kier alpha value is 0.150. The van der Waals surface area contributed by atoms with Crippen molar-refractivity contribution in [3.8, 4) is 0 Å². The molecular formula is C14H30O3P-. The van der Waals surface area contributed by atoms with Gasteiger partial charge >= 0.3 is 0 Å². The van der Waals surface area contributed by atoms with Crippen LogP contribution in [0.2, 0.25) is 0 Å². The highest BCUT2D eigenvalue weighted by molar-refractivity contribution is 7.51. The normalized spacial score (nSPS) is 14.6. The molecule has 0 N–H and O–H groups in total. The predicted octanol–water partition coefficient (Wildman–Crippen LogP) is 4.50. The van der Waals surface area contributed by atoms with Gasteiger partial charge in [-0.05, 0) is 12.8 Å². The van der Waals surface area contributed by atoms with E-state index in [4.69, 9.17) is 4.52 Å². The molecule has 4 heteroatoms. The smallest absolute Gasteiger partial charge is 0.134 e. The van der Waals surface area contributed by atoms with Gasteiger partial charge < -0.3 is 14.0 Å². The summed E-state index contributed by atoms with van der Waals surface area (Å²) < 4.78 is 16.6. The molecule has 0 fully saturated rings. The van der Waals surface area contributed by atoms with E-state index in [0.29, 0.717) is 6.61 Å². The maximum Gasteiger partial charge on any atom is 0.134 e. The van der Waals surface area contributed by atoms with E-state index < -0.39 is 7.60 Å². The van der Waals surface area contributed by atoms with Crippen molar-refractivity contribution in [1.82, 2.24) is 0 Å². The molecule has 0 aliphatic carbocycles. The molecule has 0 spiro atoms. The summed E-state index contributed by atoms with van der Waals surface area (Å²) in [5.41, 5.74) is 0. The van der Waals surface area contributed by atoms with Crippen molar-refractivity contribution in [3.05, 3.63) is 0 Å². The van der Waals surface area contributed by atoms with E-state index in [1.54, 1.807) is 0 Å². The Morgan fingerprint density at radius 3 is 1.94 bits per heavy atom. The van der Waals surface area contributed by atoms with Crippen LogP contribution in [0.1, 0.15) is 78.1 Å². The zero-order valence-electron chi connectivity index (χ0n) is 12.2. The average Bonchev–Trinajstić information content (AvgIpc) is 2.33. The van der Waals surface area contributed by atoms with Crippen LogP contribution in [-0.4, -0.2) is 12.8 Å². The van der Waals surface area contributed by atoms with Gasteiger partial charge in [0, 0.05) is 6.16 Å². The number of hydrogen-bond acceptors (Lipinski definition) is 3. The van der Waals surface area contributed by atoms with Gasteiger partial charge in [0.1, 0.15) is 7.60 Å². The van der Waals surface area contributed by atoms with Crippen LogP contribution in [0.15, 0.2) is 0 Å². The molecule has 0 saturated carbocycles. The van der Waals surface area contributed by atoms with E-state index in [9.17, 15) is 9.46 Å². The van der Waals surface area contributed by atoms with E-state index in [-0.39, 0.29) is 6.16 Å². The Bertz CT molecular complexity index is 219. The molecule has 0 aliphatic heterocycles. The Kier molecular flexibility index (Phi) is 12.3. The lowest BCUT2D eigenvalue weighted by Gasteiger charge is -2.23. The first-order chi connectivity index (χ1) is 8.62. The van der Waals surface area contributed by atoms with Gasteiger partial charge in [0.05, 0.1) is 6.61 Å². The van der Waals surface area contributed by atoms with Crippen molar-refractivity contribution in [1.29, 1.82) is 0 Å². The maximum absolute atomic E-state index is 11.6. The molecule has 0 aromatic heterocycles. The second kappa shape index (κ2) is 12.2. The van der Waals surface area contributed by atoms with Gasteiger partial charge in [-0.1, -0.05) is 65.2 Å². The SMILES string of the molecule is CCCCCCCCP(=O)([O-])OCCCCCC. The molecule has 0 aromatic rings. The highest BCUT2D eigenvalue weighted by atomic mass is 31.2. The fourth-order valence-corrected chi connectivity index (χ4v) is 3.03. The lowest BCUT2D eigenvalue weighted by Crippen LogP contribution is -2.09. The van der Waals surface area contributed by atoms with Gasteiger partial charge in [0.25, 0.3) is 0 Å². The van der Waals surface area contributed by atoms with Crippen LogP contribution in [0.5, 0.6) is 0 Å². The molecule has 0 radical (unpaired) electrons. The first-order valence-corrected chi connectivity index (χ1v) is 9.29. The number of rotatable bonds is 13. The van der Waals surface area contributed by atoms with Crippen LogP contribution in [0.25, 0.3) is 0 Å². The fourth-order valence-electron chi connectivity index (χ4n) is 1.88. The van der Waals surface area contributed by atoms with E-state index in [1.807, 2.05) is 0 Å². The van der Waals surface area contributed by atoms with Gasteiger partial charge in [-0.25, -0.2) is 0 Å². The third-order valence-corrected chi connectivity index (χ3v) is 4.51. The zero-order valence-corrected chi connectivity index (χ0v) is 13.1. The third kappa shape index (κ3) is 12.6. The quantitative estimate of drug-likeness (QED) is 0.368. The van der Waals surface area contributed by atoms with E-state index >= 15 is 0 Å². The number of unbranched alkanes of at least 4 members (excludes halogenated alkanes) is 8. The lowest BCUT2D eigenvalue weighted by atomic mass is 10.1. The Labute approximate surface area is 113 Å². The summed E-state index contributed by atoms with van der Waals surface area (Å²) in [6.45, 7) is 4.69. The van der Waals surface area contributed by atoms with Gasteiger partial charge in [0.2, 0.25) is 0 Å². The molecule has 1 atom stereocenters. The first-order valence-electron chi connectivity index (χ1n) is 7.57. The molecule has 1 unspecified atom stereocenters. The van der Waals surface area contributed by atoms with E-state index in [2.05, 4.69) is 13.8 Å². The van der Waals surface area contributed by atoms with Crippen molar-refractivity contribution in [3.63, 3.8) is 0 Å². The highest BCUT2D eigenvalue weighted by Gasteiger charge is 2.07. The first kappa shape index (κ1) is 18.1. The fraction of sp³-hybridized carbons (Fsp3) is 1.00. The van der Waals surface area contributed by atoms with E-state index in [0.717, 1.165) is 44.9 Å². The van der Waals surface area contributed by atoms with Crippen molar-refractivity contribution in [2.45, 2.75) is 78.1 Å². The summed E-state index contributed by atoms with van der Waals surface area (Å²) in [5.74, 6) is 0. The Morgan fingerprint density at radius 2 is 1.33 bits per heavy atom. The molecule has 0 heterocycles. The average molecular weight is 277 g/mol. The Balaban J connectivity index is 3.40. The minimum atomic E-state index is -3.55. The standard InChI is InChI=1S/C14H31O3P/c1-3-5-7-9-10-12-14-18(15,16)17-13-11-8-6-4-2/h3-14H2,1-2H3,(H,15,16)/p-1. The molecule has 0 saturated heterocycles. The van der Waals surface area contributed by atoms with Crippen molar-refractivity contribution >= 4 is 7.60 Å². The lowest BCUT2D eigenvalue weighted by molar-refractivity contribution is -0.198. The van der Waals surface area contributed by atoms with Crippen molar-refractivity contribution in [2.75, 3.05) is 12.8 Å². The topological polar surface area (TPSA) is 49.4 Å². The summed E-state index contributed by atoms with van der Waals surface area (Å²) in [6.07, 6.45) is 11.0. The molecule has 18 heavy (non-hydrogen) atoms. The monoisotopic (exact) mass is 277 g/mol. The predicted molar refractivity (Wildman–Crippen MR) is 75.9 cm³/mol. The molecule has 0 aliphatic rings. The maximum atomic E-state index is 11.6. The van der Waals surface area contributed by atoms with Crippen molar-refractivity contribution < 1.29 is 14.0 Å². The van der Waals surface area contributed by atoms with Crippen LogP contribution >= 0.6 is 7.60 Å². The van der Waals surface area contributed by atoms with Crippen LogP contribution in [-0.2, 0) is 9.09 Å². The van der Waals surface area contributed by atoms with Crippen LogP contribution in [0.4, 0.5) is 0 Å². The summed E-state index contributed by atoms with van der Waals surface area (Å²) in [6, 6.07) is 0. The minimum absolute atomic E-state index is 0.215. The summed E-state index contributed by atoms with van der Waals surface area (Å²) >= 11 is 0. The van der Waals surface area contributed by atoms with Gasteiger partial charge in [-0.3, -0.25) is 0 Å². The highest BCUT2D eigenvalue weighted by Crippen LogP contribution is 2.38. The second-order valence-corrected chi connectivity index (χ2v) is 6.92. The minimum Gasteiger partial charge on any atom is -0.778 e. The zero-order chi connectivity index (χ0) is 13.7. The Morgan fingerprint density at radius 1 is 0.833 bits per heavy atom. The van der Waals surface area contributed by atoms with Crippen molar-refractivity contribution in [2.24, 2.45) is 0 Å². The second-order valence-electron chi connectivity index (χ2n) is 5.00. The summed E-state index contributed by atoms with van der Waals surface area (Å²) in [5, 5.41) is 0. The molecule has 0 bridgehead atoms. The molecule has 0 amide bonds. The summed E-state index contributed by atoms with van der Waals surface area (Å²) in [4.78, 5) is 11.6. The summed E-state index contributed by atoms with van der Waals surface area (Å²) in [7, 11) is -3.55. The molecule has 3 nitrogen and oxygen atoms in total. The number of hydrogen-bond donors (Lipinski definition) is 0. The molecule has 0 rings (SSSR count). The third-order valence-electron chi connectivity index (χ3n) is 3.07. The van der Waals surface area contributed by atoms with Crippen LogP contribution in [0.3, 0.4) is 0 Å². The largest absolute Gasteiger partial charge is 0.778 e. The molecular weight excluding hydrogens is 247 g/mol. The van der Waals surface area contributed by atoms with Crippen LogP contribution in [0, 0.1) is 0 Å².